The van der Waals surface area contributed by atoms with E-state index in [-0.39, 0.29) is 29.4 Å². The lowest BCUT2D eigenvalue weighted by Crippen LogP contribution is -2.14. The average molecular weight is 532 g/mol. The van der Waals surface area contributed by atoms with E-state index in [0.717, 1.165) is 4.68 Å². The second kappa shape index (κ2) is 10.7. The number of carbonyl (C=O) groups excluding carboxylic acids is 1. The van der Waals surface area contributed by atoms with Crippen molar-refractivity contribution in [1.82, 2.24) is 9.78 Å². The minimum atomic E-state index is -2.26. The zero-order valence-electron chi connectivity index (χ0n) is 19.5. The summed E-state index contributed by atoms with van der Waals surface area (Å²) in [5, 5.41) is 17.6. The van der Waals surface area contributed by atoms with Gasteiger partial charge in [0.05, 0.1) is 17.0 Å². The van der Waals surface area contributed by atoms with E-state index in [1.54, 1.807) is 25.1 Å². The highest BCUT2D eigenvalue weighted by Crippen LogP contribution is 2.28. The zero-order chi connectivity index (χ0) is 27.6. The number of nitrogens with zero attached hydrogens (tertiary/aromatic N) is 3. The molecule has 8 nitrogen and oxygen atoms in total. The number of hydrogen-bond acceptors (Lipinski definition) is 5. The molecule has 0 fully saturated rings. The fraction of sp³-hybridized carbons (Fsp3) is 0.120. The van der Waals surface area contributed by atoms with Crippen molar-refractivity contribution in [1.29, 1.82) is 0 Å². The molecule has 3 aromatic carbocycles. The van der Waals surface area contributed by atoms with Crippen molar-refractivity contribution in [2.45, 2.75) is 20.1 Å². The second-order valence-corrected chi connectivity index (χ2v) is 8.12. The lowest BCUT2D eigenvalue weighted by Gasteiger charge is -2.09. The lowest BCUT2D eigenvalue weighted by molar-refractivity contribution is -0.386. The van der Waals surface area contributed by atoms with Crippen LogP contribution in [0.25, 0.3) is 0 Å². The normalized spacial score (nSPS) is 10.9. The summed E-state index contributed by atoms with van der Waals surface area (Å²) in [6, 6.07) is 12.0. The molecule has 0 saturated heterocycles. The smallest absolute Gasteiger partial charge is 0.311 e. The number of rotatable bonds is 8. The van der Waals surface area contributed by atoms with Crippen molar-refractivity contribution < 1.29 is 36.4 Å². The Bertz CT molecular complexity index is 1530. The van der Waals surface area contributed by atoms with Gasteiger partial charge in [-0.15, -0.1) is 0 Å². The first-order valence-electron chi connectivity index (χ1n) is 10.9. The molecule has 0 unspecified atom stereocenters. The Morgan fingerprint density at radius 3 is 2.37 bits per heavy atom. The third-order valence-electron chi connectivity index (χ3n) is 5.40. The topological polar surface area (TPSA) is 99.3 Å². The second-order valence-electron chi connectivity index (χ2n) is 8.12. The van der Waals surface area contributed by atoms with Gasteiger partial charge in [-0.1, -0.05) is 18.2 Å². The lowest BCUT2D eigenvalue weighted by atomic mass is 10.1. The van der Waals surface area contributed by atoms with Gasteiger partial charge in [-0.2, -0.15) is 5.10 Å². The van der Waals surface area contributed by atoms with Gasteiger partial charge >= 0.3 is 5.69 Å². The number of anilines is 1. The molecule has 0 radical (unpaired) electrons. The predicted molar refractivity (Wildman–Crippen MR) is 124 cm³/mol. The minimum Gasteiger partial charge on any atom is -0.482 e. The number of nitrogens with one attached hydrogen (secondary N) is 1. The van der Waals surface area contributed by atoms with Crippen LogP contribution in [0.15, 0.2) is 54.7 Å². The number of aromatic nitrogens is 2. The van der Waals surface area contributed by atoms with Gasteiger partial charge in [-0.25, -0.2) is 22.0 Å². The summed E-state index contributed by atoms with van der Waals surface area (Å²) in [5.41, 5.74) is 0.130. The fourth-order valence-corrected chi connectivity index (χ4v) is 3.51. The van der Waals surface area contributed by atoms with Crippen LogP contribution in [0.4, 0.5) is 33.5 Å². The van der Waals surface area contributed by atoms with Crippen molar-refractivity contribution in [3.05, 3.63) is 116 Å². The highest BCUT2D eigenvalue weighted by atomic mass is 19.2. The fourth-order valence-electron chi connectivity index (χ4n) is 3.51. The van der Waals surface area contributed by atoms with E-state index in [4.69, 9.17) is 4.74 Å². The number of aryl methyl sites for hydroxylation is 1. The van der Waals surface area contributed by atoms with E-state index < -0.39 is 52.0 Å². The van der Waals surface area contributed by atoms with Gasteiger partial charge in [-0.3, -0.25) is 19.6 Å². The Kier molecular flexibility index (Phi) is 7.37. The Morgan fingerprint density at radius 2 is 1.68 bits per heavy atom. The summed E-state index contributed by atoms with van der Waals surface area (Å²) in [6.45, 7) is 0.863. The minimum absolute atomic E-state index is 0.0456. The molecule has 4 aromatic rings. The molecule has 0 saturated carbocycles. The van der Waals surface area contributed by atoms with Crippen molar-refractivity contribution in [3.8, 4) is 5.75 Å². The number of amides is 1. The van der Waals surface area contributed by atoms with Crippen LogP contribution in [-0.2, 0) is 13.2 Å². The monoisotopic (exact) mass is 532 g/mol. The molecule has 1 amide bonds. The molecular weight excluding hydrogens is 515 g/mol. The van der Waals surface area contributed by atoms with Crippen LogP contribution in [0.1, 0.15) is 27.0 Å². The maximum atomic E-state index is 13.9. The van der Waals surface area contributed by atoms with Gasteiger partial charge in [0, 0.05) is 23.9 Å². The molecule has 0 spiro atoms. The van der Waals surface area contributed by atoms with Crippen molar-refractivity contribution in [2.24, 2.45) is 0 Å². The van der Waals surface area contributed by atoms with Gasteiger partial charge in [0.2, 0.25) is 5.82 Å². The first kappa shape index (κ1) is 26.3. The van der Waals surface area contributed by atoms with Gasteiger partial charge in [-0.05, 0) is 36.2 Å². The van der Waals surface area contributed by atoms with Gasteiger partial charge in [0.15, 0.2) is 34.8 Å². The highest BCUT2D eigenvalue weighted by Gasteiger charge is 2.26. The molecule has 196 valence electrons. The molecular formula is C25H17F5N4O4. The van der Waals surface area contributed by atoms with Crippen molar-refractivity contribution >= 4 is 17.4 Å². The SMILES string of the molecule is Cc1ccc(OCc2cccc(C(=O)Nc3ccn(Cc4c(F)c(F)c(F)c(F)c4F)n3)c2)c([N+](=O)[O-])c1. The number of carbonyl (C=O) groups is 1. The van der Waals surface area contributed by atoms with Gasteiger partial charge < -0.3 is 10.1 Å². The molecule has 0 bridgehead atoms. The first-order chi connectivity index (χ1) is 18.0. The number of nitro groups is 1. The zero-order valence-corrected chi connectivity index (χ0v) is 19.5. The van der Waals surface area contributed by atoms with Crippen LogP contribution in [0.3, 0.4) is 0 Å². The van der Waals surface area contributed by atoms with E-state index >= 15 is 0 Å². The van der Waals surface area contributed by atoms with Crippen LogP contribution in [-0.4, -0.2) is 20.6 Å². The maximum Gasteiger partial charge on any atom is 0.311 e. The van der Waals surface area contributed by atoms with E-state index in [1.807, 2.05) is 0 Å². The standard InChI is InChI=1S/C25H17F5N4O4/c1-13-5-6-18(17(9-13)34(36)37)38-12-14-3-2-4-15(10-14)25(35)31-19-7-8-33(32-19)11-16-20(26)22(28)24(30)23(29)21(16)27/h2-10H,11-12H2,1H3,(H,31,32,35). The van der Waals surface area contributed by atoms with Crippen LogP contribution in [0.5, 0.6) is 5.75 Å². The van der Waals surface area contributed by atoms with Crippen LogP contribution in [0, 0.1) is 46.1 Å². The highest BCUT2D eigenvalue weighted by molar-refractivity contribution is 6.03. The molecule has 1 heterocycles. The van der Waals surface area contributed by atoms with Crippen LogP contribution >= 0.6 is 0 Å². The third kappa shape index (κ3) is 5.45. The average Bonchev–Trinajstić information content (AvgIpc) is 3.34. The van der Waals surface area contributed by atoms with Crippen molar-refractivity contribution in [3.63, 3.8) is 0 Å². The molecule has 4 rings (SSSR count). The van der Waals surface area contributed by atoms with E-state index in [2.05, 4.69) is 10.4 Å². The molecule has 13 heteroatoms. The summed E-state index contributed by atoms with van der Waals surface area (Å²) >= 11 is 0. The molecule has 1 N–H and O–H groups in total. The number of halogens is 5. The molecule has 0 aliphatic carbocycles. The summed E-state index contributed by atoms with van der Waals surface area (Å²) in [5.74, 6) is -10.9. The van der Waals surface area contributed by atoms with Crippen LogP contribution < -0.4 is 10.1 Å². The summed E-state index contributed by atoms with van der Waals surface area (Å²) in [4.78, 5) is 23.4. The molecule has 38 heavy (non-hydrogen) atoms. The Morgan fingerprint density at radius 1 is 1.00 bits per heavy atom. The number of ether oxygens (including phenoxy) is 1. The van der Waals surface area contributed by atoms with Gasteiger partial charge in [0.1, 0.15) is 6.61 Å². The van der Waals surface area contributed by atoms with E-state index in [1.165, 1.54) is 36.5 Å². The van der Waals surface area contributed by atoms with Gasteiger partial charge in [0.25, 0.3) is 5.91 Å². The predicted octanol–water partition coefficient (Wildman–Crippen LogP) is 5.67. The first-order valence-corrected chi connectivity index (χ1v) is 10.9. The third-order valence-corrected chi connectivity index (χ3v) is 5.40. The van der Waals surface area contributed by atoms with E-state index in [9.17, 15) is 36.9 Å². The number of hydrogen-bond donors (Lipinski definition) is 1. The molecule has 1 aromatic heterocycles. The number of nitro benzene ring substituents is 1. The molecule has 0 atom stereocenters. The van der Waals surface area contributed by atoms with Crippen LogP contribution in [0.2, 0.25) is 0 Å². The largest absolute Gasteiger partial charge is 0.482 e. The summed E-state index contributed by atoms with van der Waals surface area (Å²) in [7, 11) is 0. The Labute approximate surface area is 211 Å². The summed E-state index contributed by atoms with van der Waals surface area (Å²) < 4.78 is 74.5. The van der Waals surface area contributed by atoms with E-state index in [0.29, 0.717) is 11.1 Å². The number of benzene rings is 3. The summed E-state index contributed by atoms with van der Waals surface area (Å²) in [6.07, 6.45) is 1.19. The molecule has 0 aliphatic heterocycles. The van der Waals surface area contributed by atoms with Crippen molar-refractivity contribution in [2.75, 3.05) is 5.32 Å². The Hall–Kier alpha value is -4.81. The molecule has 0 aliphatic rings. The Balaban J connectivity index is 1.44. The maximum absolute atomic E-state index is 13.9. The quantitative estimate of drug-likeness (QED) is 0.104.